The van der Waals surface area contributed by atoms with Gasteiger partial charge in [-0.1, -0.05) is 6.07 Å². The molecule has 0 fully saturated rings. The Morgan fingerprint density at radius 1 is 1.12 bits per heavy atom. The van der Waals surface area contributed by atoms with Crippen molar-refractivity contribution in [2.45, 2.75) is 6.92 Å². The molecular weight excluding hydrogens is 322 g/mol. The van der Waals surface area contributed by atoms with E-state index in [1.54, 1.807) is 32.2 Å². The van der Waals surface area contributed by atoms with Crippen molar-refractivity contribution in [3.8, 4) is 17.2 Å². The molecule has 0 heterocycles. The largest absolute Gasteiger partial charge is 0.507 e. The van der Waals surface area contributed by atoms with E-state index in [-0.39, 0.29) is 18.2 Å². The van der Waals surface area contributed by atoms with E-state index in [1.807, 2.05) is 18.2 Å². The van der Waals surface area contributed by atoms with Crippen LogP contribution in [0.5, 0.6) is 17.2 Å². The number of rotatable bonds is 7. The number of nitrogens with one attached hydrogen (secondary N) is 2. The number of hydrogen-bond acceptors (Lipinski definition) is 6. The second kappa shape index (κ2) is 8.58. The van der Waals surface area contributed by atoms with Gasteiger partial charge in [-0.15, -0.1) is 0 Å². The Hall–Kier alpha value is -3.22. The lowest BCUT2D eigenvalue weighted by Gasteiger charge is -2.08. The summed E-state index contributed by atoms with van der Waals surface area (Å²) in [7, 11) is 3.10. The first kappa shape index (κ1) is 18.1. The average Bonchev–Trinajstić information content (AvgIpc) is 2.64. The van der Waals surface area contributed by atoms with Gasteiger partial charge in [-0.2, -0.15) is 5.10 Å². The van der Waals surface area contributed by atoms with E-state index in [1.165, 1.54) is 13.2 Å². The van der Waals surface area contributed by atoms with Crippen molar-refractivity contribution in [2.75, 3.05) is 26.1 Å². The molecule has 0 bridgehead atoms. The van der Waals surface area contributed by atoms with E-state index >= 15 is 0 Å². The van der Waals surface area contributed by atoms with Gasteiger partial charge in [0.05, 0.1) is 26.5 Å². The summed E-state index contributed by atoms with van der Waals surface area (Å²) >= 11 is 0. The summed E-state index contributed by atoms with van der Waals surface area (Å²) in [6.07, 6.45) is 0. The second-order valence-electron chi connectivity index (χ2n) is 5.20. The molecule has 7 heteroatoms. The van der Waals surface area contributed by atoms with Crippen LogP contribution in [0, 0.1) is 0 Å². The molecule has 0 unspecified atom stereocenters. The number of hydrazone groups is 1. The van der Waals surface area contributed by atoms with Crippen LogP contribution in [0.1, 0.15) is 12.5 Å². The molecular formula is C18H21N3O4. The van der Waals surface area contributed by atoms with Gasteiger partial charge in [0.25, 0.3) is 5.91 Å². The molecule has 0 aromatic heterocycles. The predicted molar refractivity (Wildman–Crippen MR) is 96.5 cm³/mol. The van der Waals surface area contributed by atoms with Gasteiger partial charge in [0, 0.05) is 23.4 Å². The highest BCUT2D eigenvalue weighted by molar-refractivity contribution is 6.01. The summed E-state index contributed by atoms with van der Waals surface area (Å²) in [6, 6.07) is 12.1. The molecule has 132 valence electrons. The van der Waals surface area contributed by atoms with Crippen LogP contribution in [-0.4, -0.2) is 37.5 Å². The molecule has 2 aromatic rings. The Kier molecular flexibility index (Phi) is 6.22. The fraction of sp³-hybridized carbons (Fsp3) is 0.222. The second-order valence-corrected chi connectivity index (χ2v) is 5.20. The maximum absolute atomic E-state index is 11.9. The molecule has 0 aliphatic rings. The van der Waals surface area contributed by atoms with Crippen molar-refractivity contribution in [3.05, 3.63) is 48.0 Å². The van der Waals surface area contributed by atoms with Crippen LogP contribution in [-0.2, 0) is 4.79 Å². The lowest BCUT2D eigenvalue weighted by atomic mass is 10.1. The number of amides is 1. The molecule has 7 nitrogen and oxygen atoms in total. The van der Waals surface area contributed by atoms with Crippen LogP contribution >= 0.6 is 0 Å². The molecule has 25 heavy (non-hydrogen) atoms. The highest BCUT2D eigenvalue weighted by Crippen LogP contribution is 2.23. The third kappa shape index (κ3) is 5.13. The predicted octanol–water partition coefficient (Wildman–Crippen LogP) is 2.36. The van der Waals surface area contributed by atoms with Crippen LogP contribution in [0.4, 0.5) is 5.69 Å². The van der Waals surface area contributed by atoms with Crippen molar-refractivity contribution >= 4 is 17.3 Å². The van der Waals surface area contributed by atoms with Gasteiger partial charge in [0.2, 0.25) is 0 Å². The minimum atomic E-state index is -0.310. The number of aromatic hydroxyl groups is 1. The SMILES string of the molecule is COc1cccc(NCC(=O)N/N=C(\C)c2ccc(OC)cc2O)c1. The Labute approximate surface area is 146 Å². The number of ether oxygens (including phenoxy) is 2. The molecule has 2 aromatic carbocycles. The summed E-state index contributed by atoms with van der Waals surface area (Å²) in [5.74, 6) is 0.967. The van der Waals surface area contributed by atoms with Crippen molar-refractivity contribution < 1.29 is 19.4 Å². The molecule has 2 rings (SSSR count). The number of carbonyl (C=O) groups is 1. The van der Waals surface area contributed by atoms with Gasteiger partial charge in [-0.05, 0) is 31.2 Å². The topological polar surface area (TPSA) is 92.2 Å². The van der Waals surface area contributed by atoms with Crippen LogP contribution < -0.4 is 20.2 Å². The number of anilines is 1. The minimum Gasteiger partial charge on any atom is -0.507 e. The van der Waals surface area contributed by atoms with E-state index < -0.39 is 0 Å². The summed E-state index contributed by atoms with van der Waals surface area (Å²) in [4.78, 5) is 11.9. The zero-order chi connectivity index (χ0) is 18.2. The number of nitrogens with zero attached hydrogens (tertiary/aromatic N) is 1. The third-order valence-corrected chi connectivity index (χ3v) is 3.47. The van der Waals surface area contributed by atoms with Crippen LogP contribution in [0.25, 0.3) is 0 Å². The van der Waals surface area contributed by atoms with E-state index in [2.05, 4.69) is 15.8 Å². The monoisotopic (exact) mass is 343 g/mol. The Morgan fingerprint density at radius 3 is 2.52 bits per heavy atom. The number of hydrogen-bond donors (Lipinski definition) is 3. The van der Waals surface area contributed by atoms with E-state index in [9.17, 15) is 9.90 Å². The summed E-state index contributed by atoms with van der Waals surface area (Å²) < 4.78 is 10.2. The number of methoxy groups -OCH3 is 2. The van der Waals surface area contributed by atoms with Gasteiger partial charge in [0.15, 0.2) is 0 Å². The zero-order valence-electron chi connectivity index (χ0n) is 14.4. The molecule has 0 aliphatic carbocycles. The van der Waals surface area contributed by atoms with E-state index in [4.69, 9.17) is 9.47 Å². The maximum Gasteiger partial charge on any atom is 0.259 e. The summed E-state index contributed by atoms with van der Waals surface area (Å²) in [5.41, 5.74) is 4.21. The fourth-order valence-corrected chi connectivity index (χ4v) is 2.11. The number of phenols is 1. The molecule has 0 spiro atoms. The van der Waals surface area contributed by atoms with Crippen molar-refractivity contribution in [3.63, 3.8) is 0 Å². The van der Waals surface area contributed by atoms with Gasteiger partial charge >= 0.3 is 0 Å². The first-order valence-electron chi connectivity index (χ1n) is 7.62. The number of carbonyl (C=O) groups excluding carboxylic acids is 1. The Bertz CT molecular complexity index is 775. The molecule has 0 saturated heterocycles. The Balaban J connectivity index is 1.92. The quantitative estimate of drug-likeness (QED) is 0.530. The van der Waals surface area contributed by atoms with Crippen molar-refractivity contribution in [1.82, 2.24) is 5.43 Å². The first-order chi connectivity index (χ1) is 12.0. The average molecular weight is 343 g/mol. The number of phenolic OH excluding ortho intramolecular Hbond substituents is 1. The van der Waals surface area contributed by atoms with Crippen LogP contribution in [0.15, 0.2) is 47.6 Å². The summed E-state index contributed by atoms with van der Waals surface area (Å²) in [6.45, 7) is 1.75. The van der Waals surface area contributed by atoms with Crippen LogP contribution in [0.3, 0.4) is 0 Å². The third-order valence-electron chi connectivity index (χ3n) is 3.47. The zero-order valence-corrected chi connectivity index (χ0v) is 14.4. The van der Waals surface area contributed by atoms with Gasteiger partial charge < -0.3 is 19.9 Å². The standard InChI is InChI=1S/C18H21N3O4/c1-12(16-8-7-15(25-3)10-17(16)22)20-21-18(23)11-19-13-5-4-6-14(9-13)24-2/h4-10,19,22H,11H2,1-3H3,(H,21,23)/b20-12+. The smallest absolute Gasteiger partial charge is 0.259 e. The molecule has 1 amide bonds. The van der Waals surface area contributed by atoms with Crippen molar-refractivity contribution in [1.29, 1.82) is 0 Å². The highest BCUT2D eigenvalue weighted by atomic mass is 16.5. The fourth-order valence-electron chi connectivity index (χ4n) is 2.11. The molecule has 0 atom stereocenters. The number of benzene rings is 2. The molecule has 3 N–H and O–H groups in total. The summed E-state index contributed by atoms with van der Waals surface area (Å²) in [5, 5.41) is 17.0. The van der Waals surface area contributed by atoms with Gasteiger partial charge in [-0.25, -0.2) is 5.43 Å². The molecule has 0 saturated carbocycles. The minimum absolute atomic E-state index is 0.0318. The van der Waals surface area contributed by atoms with Crippen molar-refractivity contribution in [2.24, 2.45) is 5.10 Å². The van der Waals surface area contributed by atoms with Gasteiger partial charge in [0.1, 0.15) is 17.2 Å². The highest BCUT2D eigenvalue weighted by Gasteiger charge is 2.07. The first-order valence-corrected chi connectivity index (χ1v) is 7.62. The normalized spacial score (nSPS) is 10.9. The van der Waals surface area contributed by atoms with Gasteiger partial charge in [-0.3, -0.25) is 4.79 Å². The molecule has 0 radical (unpaired) electrons. The molecule has 0 aliphatic heterocycles. The maximum atomic E-state index is 11.9. The van der Waals surface area contributed by atoms with Crippen LogP contribution in [0.2, 0.25) is 0 Å². The lowest BCUT2D eigenvalue weighted by Crippen LogP contribution is -2.26. The van der Waals surface area contributed by atoms with E-state index in [0.29, 0.717) is 22.8 Å². The Morgan fingerprint density at radius 2 is 1.84 bits per heavy atom. The lowest BCUT2D eigenvalue weighted by molar-refractivity contribution is -0.119. The van der Waals surface area contributed by atoms with E-state index in [0.717, 1.165) is 5.69 Å².